The van der Waals surface area contributed by atoms with Crippen molar-refractivity contribution in [3.63, 3.8) is 0 Å². The fourth-order valence-electron chi connectivity index (χ4n) is 2.94. The summed E-state index contributed by atoms with van der Waals surface area (Å²) in [6, 6.07) is 6.59. The van der Waals surface area contributed by atoms with Crippen LogP contribution in [-0.2, 0) is 9.84 Å². The average Bonchev–Trinajstić information content (AvgIpc) is 2.70. The molecule has 0 spiro atoms. The Bertz CT molecular complexity index is 551. The Labute approximate surface area is 116 Å². The van der Waals surface area contributed by atoms with Gasteiger partial charge in [0.1, 0.15) is 0 Å². The molecular formula is C15H23NO2S. The molecular weight excluding hydrogens is 258 g/mol. The van der Waals surface area contributed by atoms with E-state index in [9.17, 15) is 8.42 Å². The monoisotopic (exact) mass is 281 g/mol. The zero-order valence-corrected chi connectivity index (χ0v) is 12.8. The van der Waals surface area contributed by atoms with Crippen molar-refractivity contribution in [3.05, 3.63) is 34.9 Å². The van der Waals surface area contributed by atoms with Crippen LogP contribution in [0.5, 0.6) is 0 Å². The fourth-order valence-corrected chi connectivity index (χ4v) is 4.82. The molecule has 1 aromatic rings. The highest BCUT2D eigenvalue weighted by molar-refractivity contribution is 7.91. The van der Waals surface area contributed by atoms with Crippen LogP contribution in [0.15, 0.2) is 18.2 Å². The van der Waals surface area contributed by atoms with Crippen LogP contribution in [0, 0.1) is 19.8 Å². The van der Waals surface area contributed by atoms with Gasteiger partial charge in [0.2, 0.25) is 0 Å². The van der Waals surface area contributed by atoms with E-state index in [4.69, 9.17) is 0 Å². The summed E-state index contributed by atoms with van der Waals surface area (Å²) in [5.74, 6) is 1.01. The van der Waals surface area contributed by atoms with Gasteiger partial charge in [0.15, 0.2) is 9.84 Å². The topological polar surface area (TPSA) is 46.2 Å². The molecule has 1 aromatic carbocycles. The summed E-state index contributed by atoms with van der Waals surface area (Å²) in [6.45, 7) is 4.26. The normalized spacial score (nSPS) is 23.4. The van der Waals surface area contributed by atoms with Crippen molar-refractivity contribution in [2.75, 3.05) is 18.6 Å². The predicted molar refractivity (Wildman–Crippen MR) is 79.1 cm³/mol. The van der Waals surface area contributed by atoms with E-state index >= 15 is 0 Å². The van der Waals surface area contributed by atoms with Crippen LogP contribution in [0.3, 0.4) is 0 Å². The van der Waals surface area contributed by atoms with Crippen molar-refractivity contribution in [2.24, 2.45) is 5.92 Å². The Morgan fingerprint density at radius 1 is 1.37 bits per heavy atom. The first kappa shape index (κ1) is 14.5. The minimum absolute atomic E-state index is 0.248. The zero-order valence-electron chi connectivity index (χ0n) is 11.9. The molecule has 0 bridgehead atoms. The summed E-state index contributed by atoms with van der Waals surface area (Å²) in [4.78, 5) is 0. The molecule has 2 unspecified atom stereocenters. The van der Waals surface area contributed by atoms with Gasteiger partial charge in [0, 0.05) is 6.04 Å². The van der Waals surface area contributed by atoms with Gasteiger partial charge in [-0.25, -0.2) is 8.42 Å². The maximum Gasteiger partial charge on any atom is 0.150 e. The molecule has 1 heterocycles. The van der Waals surface area contributed by atoms with Gasteiger partial charge in [-0.3, -0.25) is 0 Å². The number of rotatable bonds is 4. The molecule has 0 aromatic heterocycles. The Balaban J connectivity index is 2.15. The van der Waals surface area contributed by atoms with E-state index in [1.54, 1.807) is 0 Å². The van der Waals surface area contributed by atoms with Gasteiger partial charge in [-0.2, -0.15) is 0 Å². The van der Waals surface area contributed by atoms with Crippen LogP contribution < -0.4 is 5.32 Å². The smallest absolute Gasteiger partial charge is 0.150 e. The van der Waals surface area contributed by atoms with Crippen molar-refractivity contribution in [1.82, 2.24) is 5.32 Å². The van der Waals surface area contributed by atoms with Crippen molar-refractivity contribution in [1.29, 1.82) is 0 Å². The molecule has 0 aliphatic carbocycles. The molecule has 1 aliphatic rings. The SMILES string of the molecule is CNC(CC1CCS(=O)(=O)C1)c1cccc(C)c1C. The Hall–Kier alpha value is -0.870. The third kappa shape index (κ3) is 3.37. The zero-order chi connectivity index (χ0) is 14.0. The first-order valence-electron chi connectivity index (χ1n) is 6.87. The molecule has 2 atom stereocenters. The summed E-state index contributed by atoms with van der Waals surface area (Å²) in [6.07, 6.45) is 1.71. The summed E-state index contributed by atoms with van der Waals surface area (Å²) < 4.78 is 23.1. The first-order chi connectivity index (χ1) is 8.93. The van der Waals surface area contributed by atoms with E-state index < -0.39 is 9.84 Å². The minimum Gasteiger partial charge on any atom is -0.313 e. The number of sulfone groups is 1. The largest absolute Gasteiger partial charge is 0.313 e. The van der Waals surface area contributed by atoms with Crippen LogP contribution in [0.1, 0.15) is 35.6 Å². The summed E-state index contributed by atoms with van der Waals surface area (Å²) in [5, 5.41) is 3.35. The van der Waals surface area contributed by atoms with Crippen molar-refractivity contribution in [3.8, 4) is 0 Å². The van der Waals surface area contributed by atoms with E-state index in [0.717, 1.165) is 12.8 Å². The standard InChI is InChI=1S/C15H23NO2S/c1-11-5-4-6-14(12(11)2)15(16-3)9-13-7-8-19(17,18)10-13/h4-6,13,15-16H,7-10H2,1-3H3. The Morgan fingerprint density at radius 2 is 2.11 bits per heavy atom. The summed E-state index contributed by atoms with van der Waals surface area (Å²) in [5.41, 5.74) is 3.89. The van der Waals surface area contributed by atoms with E-state index in [1.165, 1.54) is 16.7 Å². The lowest BCUT2D eigenvalue weighted by atomic mass is 9.90. The summed E-state index contributed by atoms with van der Waals surface area (Å²) in [7, 11) is -0.823. The molecule has 0 saturated carbocycles. The van der Waals surface area contributed by atoms with Gasteiger partial charge in [-0.05, 0) is 56.3 Å². The number of aryl methyl sites for hydroxylation is 1. The van der Waals surface area contributed by atoms with Gasteiger partial charge in [-0.1, -0.05) is 18.2 Å². The quantitative estimate of drug-likeness (QED) is 0.921. The fraction of sp³-hybridized carbons (Fsp3) is 0.600. The lowest BCUT2D eigenvalue weighted by Gasteiger charge is -2.22. The minimum atomic E-state index is -2.78. The van der Waals surface area contributed by atoms with Crippen LogP contribution >= 0.6 is 0 Å². The molecule has 2 rings (SSSR count). The van der Waals surface area contributed by atoms with Gasteiger partial charge in [-0.15, -0.1) is 0 Å². The third-order valence-electron chi connectivity index (χ3n) is 4.27. The van der Waals surface area contributed by atoms with Crippen molar-refractivity contribution in [2.45, 2.75) is 32.7 Å². The first-order valence-corrected chi connectivity index (χ1v) is 8.69. The maximum atomic E-state index is 11.5. The number of benzene rings is 1. The Morgan fingerprint density at radius 3 is 2.68 bits per heavy atom. The van der Waals surface area contributed by atoms with Gasteiger partial charge < -0.3 is 5.32 Å². The predicted octanol–water partition coefficient (Wildman–Crippen LogP) is 2.39. The van der Waals surface area contributed by atoms with E-state index in [0.29, 0.717) is 17.4 Å². The third-order valence-corrected chi connectivity index (χ3v) is 6.10. The molecule has 106 valence electrons. The van der Waals surface area contributed by atoms with Crippen LogP contribution in [-0.4, -0.2) is 27.0 Å². The van der Waals surface area contributed by atoms with Crippen LogP contribution in [0.2, 0.25) is 0 Å². The van der Waals surface area contributed by atoms with Crippen LogP contribution in [0.25, 0.3) is 0 Å². The second kappa shape index (κ2) is 5.63. The lowest BCUT2D eigenvalue weighted by Crippen LogP contribution is -2.21. The molecule has 1 saturated heterocycles. The molecule has 0 amide bonds. The molecule has 3 nitrogen and oxygen atoms in total. The van der Waals surface area contributed by atoms with Crippen molar-refractivity contribution < 1.29 is 8.42 Å². The van der Waals surface area contributed by atoms with Gasteiger partial charge in [0.25, 0.3) is 0 Å². The van der Waals surface area contributed by atoms with E-state index in [1.807, 2.05) is 7.05 Å². The molecule has 1 fully saturated rings. The van der Waals surface area contributed by atoms with Gasteiger partial charge >= 0.3 is 0 Å². The Kier molecular flexibility index (Phi) is 4.31. The van der Waals surface area contributed by atoms with Crippen molar-refractivity contribution >= 4 is 9.84 Å². The molecule has 4 heteroatoms. The van der Waals surface area contributed by atoms with Gasteiger partial charge in [0.05, 0.1) is 11.5 Å². The molecule has 1 aliphatic heterocycles. The second-order valence-corrected chi connectivity index (χ2v) is 7.86. The van der Waals surface area contributed by atoms with E-state index in [-0.39, 0.29) is 6.04 Å². The lowest BCUT2D eigenvalue weighted by molar-refractivity contribution is 0.436. The second-order valence-electron chi connectivity index (χ2n) is 5.64. The highest BCUT2D eigenvalue weighted by Crippen LogP contribution is 2.30. The molecule has 1 N–H and O–H groups in total. The van der Waals surface area contributed by atoms with E-state index in [2.05, 4.69) is 37.4 Å². The number of hydrogen-bond acceptors (Lipinski definition) is 3. The number of nitrogens with one attached hydrogen (secondary N) is 1. The van der Waals surface area contributed by atoms with Crippen LogP contribution in [0.4, 0.5) is 0 Å². The highest BCUT2D eigenvalue weighted by atomic mass is 32.2. The molecule has 0 radical (unpaired) electrons. The maximum absolute atomic E-state index is 11.5. The summed E-state index contributed by atoms with van der Waals surface area (Å²) >= 11 is 0. The highest BCUT2D eigenvalue weighted by Gasteiger charge is 2.30. The molecule has 19 heavy (non-hydrogen) atoms. The number of hydrogen-bond donors (Lipinski definition) is 1. The average molecular weight is 281 g/mol.